The van der Waals surface area contributed by atoms with E-state index in [0.717, 1.165) is 27.3 Å². The molecule has 3 N–H and O–H groups in total. The molecule has 0 saturated carbocycles. The molecule has 0 radical (unpaired) electrons. The van der Waals surface area contributed by atoms with Crippen molar-refractivity contribution in [1.29, 1.82) is 0 Å². The van der Waals surface area contributed by atoms with Gasteiger partial charge in [-0.1, -0.05) is 11.6 Å². The Morgan fingerprint density at radius 1 is 1.57 bits per heavy atom. The van der Waals surface area contributed by atoms with E-state index >= 15 is 0 Å². The Labute approximate surface area is 94.0 Å². The number of nitrogens with one attached hydrogen (secondary N) is 1. The first-order chi connectivity index (χ1) is 6.83. The van der Waals surface area contributed by atoms with Gasteiger partial charge in [0.1, 0.15) is 0 Å². The van der Waals surface area contributed by atoms with Crippen molar-refractivity contribution in [3.8, 4) is 0 Å². The van der Waals surface area contributed by atoms with Crippen molar-refractivity contribution in [3.05, 3.63) is 33.2 Å². The summed E-state index contributed by atoms with van der Waals surface area (Å²) in [4.78, 5) is 0. The number of rotatable bonds is 3. The Hall–Kier alpha value is -0.530. The summed E-state index contributed by atoms with van der Waals surface area (Å²) in [6.45, 7) is 0. The minimum atomic E-state index is -0.174. The van der Waals surface area contributed by atoms with E-state index in [4.69, 9.17) is 17.4 Å². The number of halogens is 1. The molecule has 2 heterocycles. The average Bonchev–Trinajstić information content (AvgIpc) is 2.80. The zero-order chi connectivity index (χ0) is 9.97. The third-order valence-electron chi connectivity index (χ3n) is 1.80. The number of hydrogen-bond acceptors (Lipinski definition) is 6. The Morgan fingerprint density at radius 2 is 2.43 bits per heavy atom. The normalized spacial score (nSPS) is 13.0. The lowest BCUT2D eigenvalue weighted by atomic mass is 10.1. The molecule has 74 valence electrons. The standard InChI is InChI=1S/C7H7ClN4S2/c8-7-4(1-2-13-7)6(11-9)5-3-10-14-12-5/h1-3,6,11H,9H2. The molecule has 0 fully saturated rings. The van der Waals surface area contributed by atoms with Crippen LogP contribution in [0.15, 0.2) is 17.6 Å². The highest BCUT2D eigenvalue weighted by Gasteiger charge is 2.18. The fraction of sp³-hybridized carbons (Fsp3) is 0.143. The Bertz CT molecular complexity index is 399. The molecule has 2 aromatic rings. The number of aromatic nitrogens is 2. The van der Waals surface area contributed by atoms with E-state index < -0.39 is 0 Å². The van der Waals surface area contributed by atoms with Gasteiger partial charge >= 0.3 is 0 Å². The number of nitrogens with two attached hydrogens (primary N) is 1. The quantitative estimate of drug-likeness (QED) is 0.641. The number of nitrogens with zero attached hydrogens (tertiary/aromatic N) is 2. The van der Waals surface area contributed by atoms with E-state index in [9.17, 15) is 0 Å². The molecule has 2 rings (SSSR count). The van der Waals surface area contributed by atoms with Crippen molar-refractivity contribution >= 4 is 34.7 Å². The first-order valence-corrected chi connectivity index (χ1v) is 5.78. The molecule has 2 aromatic heterocycles. The first kappa shape index (κ1) is 10.0. The molecule has 0 spiro atoms. The lowest BCUT2D eigenvalue weighted by Gasteiger charge is -2.11. The predicted molar refractivity (Wildman–Crippen MR) is 58.4 cm³/mol. The monoisotopic (exact) mass is 246 g/mol. The Balaban J connectivity index is 2.36. The summed E-state index contributed by atoms with van der Waals surface area (Å²) in [5.74, 6) is 5.46. The van der Waals surface area contributed by atoms with Gasteiger partial charge < -0.3 is 0 Å². The second-order valence-electron chi connectivity index (χ2n) is 2.58. The minimum absolute atomic E-state index is 0.174. The largest absolute Gasteiger partial charge is 0.271 e. The number of hydrogen-bond donors (Lipinski definition) is 2. The summed E-state index contributed by atoms with van der Waals surface area (Å²) in [7, 11) is 0. The highest BCUT2D eigenvalue weighted by Crippen LogP contribution is 2.31. The Morgan fingerprint density at radius 3 is 2.93 bits per heavy atom. The van der Waals surface area contributed by atoms with E-state index in [0.29, 0.717) is 0 Å². The SMILES string of the molecule is NNC(c1cnsn1)c1ccsc1Cl. The molecule has 7 heteroatoms. The smallest absolute Gasteiger partial charge is 0.0980 e. The lowest BCUT2D eigenvalue weighted by Crippen LogP contribution is -2.28. The van der Waals surface area contributed by atoms with Crippen LogP contribution in [-0.2, 0) is 0 Å². The molecular formula is C7H7ClN4S2. The van der Waals surface area contributed by atoms with Gasteiger partial charge in [-0.05, 0) is 11.4 Å². The molecule has 0 amide bonds. The topological polar surface area (TPSA) is 63.8 Å². The second-order valence-corrected chi connectivity index (χ2v) is 4.66. The van der Waals surface area contributed by atoms with E-state index in [1.807, 2.05) is 11.4 Å². The van der Waals surface area contributed by atoms with Crippen LogP contribution in [0.1, 0.15) is 17.3 Å². The van der Waals surface area contributed by atoms with Crippen molar-refractivity contribution < 1.29 is 0 Å². The highest BCUT2D eigenvalue weighted by atomic mass is 35.5. The molecule has 0 saturated heterocycles. The summed E-state index contributed by atoms with van der Waals surface area (Å²) >= 11 is 8.63. The van der Waals surface area contributed by atoms with E-state index in [1.54, 1.807) is 6.20 Å². The third kappa shape index (κ3) is 1.79. The maximum absolute atomic E-state index is 6.01. The van der Waals surface area contributed by atoms with Crippen molar-refractivity contribution in [3.63, 3.8) is 0 Å². The zero-order valence-corrected chi connectivity index (χ0v) is 9.36. The van der Waals surface area contributed by atoms with Gasteiger partial charge in [0, 0.05) is 5.56 Å². The second kappa shape index (κ2) is 4.33. The minimum Gasteiger partial charge on any atom is -0.271 e. The molecule has 0 aliphatic heterocycles. The van der Waals surface area contributed by atoms with Gasteiger partial charge in [-0.25, -0.2) is 5.43 Å². The van der Waals surface area contributed by atoms with Crippen LogP contribution in [0.4, 0.5) is 0 Å². The average molecular weight is 247 g/mol. The van der Waals surface area contributed by atoms with Gasteiger partial charge in [0.15, 0.2) is 0 Å². The van der Waals surface area contributed by atoms with Gasteiger partial charge in [-0.3, -0.25) is 5.84 Å². The fourth-order valence-corrected chi connectivity index (χ4v) is 2.58. The first-order valence-electron chi connectivity index (χ1n) is 3.79. The van der Waals surface area contributed by atoms with E-state index in [2.05, 4.69) is 14.2 Å². The molecule has 0 aliphatic rings. The summed E-state index contributed by atoms with van der Waals surface area (Å²) < 4.78 is 8.77. The van der Waals surface area contributed by atoms with Crippen LogP contribution in [-0.4, -0.2) is 8.75 Å². The number of hydrazine groups is 1. The highest BCUT2D eigenvalue weighted by molar-refractivity contribution is 7.14. The summed E-state index contributed by atoms with van der Waals surface area (Å²) in [5.41, 5.74) is 4.40. The predicted octanol–water partition coefficient (Wildman–Crippen LogP) is 1.81. The van der Waals surface area contributed by atoms with Crippen LogP contribution in [0.3, 0.4) is 0 Å². The van der Waals surface area contributed by atoms with Crippen molar-refractivity contribution in [2.75, 3.05) is 0 Å². The molecule has 0 bridgehead atoms. The van der Waals surface area contributed by atoms with E-state index in [1.165, 1.54) is 11.3 Å². The molecule has 1 unspecified atom stereocenters. The van der Waals surface area contributed by atoms with Crippen LogP contribution >= 0.6 is 34.7 Å². The van der Waals surface area contributed by atoms with Crippen LogP contribution in [0.25, 0.3) is 0 Å². The zero-order valence-electron chi connectivity index (χ0n) is 6.98. The summed E-state index contributed by atoms with van der Waals surface area (Å²) in [6, 6.07) is 1.75. The van der Waals surface area contributed by atoms with Crippen molar-refractivity contribution in [2.24, 2.45) is 5.84 Å². The maximum Gasteiger partial charge on any atom is 0.0980 e. The maximum atomic E-state index is 6.01. The van der Waals surface area contributed by atoms with Crippen molar-refractivity contribution in [2.45, 2.75) is 6.04 Å². The van der Waals surface area contributed by atoms with Gasteiger partial charge in [-0.2, -0.15) is 8.75 Å². The van der Waals surface area contributed by atoms with Gasteiger partial charge in [-0.15, -0.1) is 11.3 Å². The molecular weight excluding hydrogens is 240 g/mol. The molecule has 1 atom stereocenters. The van der Waals surface area contributed by atoms with E-state index in [-0.39, 0.29) is 6.04 Å². The lowest BCUT2D eigenvalue weighted by molar-refractivity contribution is 0.627. The van der Waals surface area contributed by atoms with Gasteiger partial charge in [0.25, 0.3) is 0 Å². The van der Waals surface area contributed by atoms with Gasteiger partial charge in [0.2, 0.25) is 0 Å². The van der Waals surface area contributed by atoms with Crippen molar-refractivity contribution in [1.82, 2.24) is 14.2 Å². The van der Waals surface area contributed by atoms with Crippen LogP contribution in [0.5, 0.6) is 0 Å². The third-order valence-corrected chi connectivity index (χ3v) is 3.49. The van der Waals surface area contributed by atoms with Crippen LogP contribution in [0.2, 0.25) is 4.34 Å². The number of thiophene rings is 1. The molecule has 0 aliphatic carbocycles. The Kier molecular flexibility index (Phi) is 3.09. The van der Waals surface area contributed by atoms with Gasteiger partial charge in [0.05, 0.1) is 34.0 Å². The summed E-state index contributed by atoms with van der Waals surface area (Å²) in [6.07, 6.45) is 1.68. The molecule has 4 nitrogen and oxygen atoms in total. The fourth-order valence-electron chi connectivity index (χ4n) is 1.14. The van der Waals surface area contributed by atoms with Crippen LogP contribution in [0, 0.1) is 0 Å². The molecule has 14 heavy (non-hydrogen) atoms. The summed E-state index contributed by atoms with van der Waals surface area (Å²) in [5, 5.41) is 1.92. The van der Waals surface area contributed by atoms with Crippen LogP contribution < -0.4 is 11.3 Å². The molecule has 0 aromatic carbocycles.